The van der Waals surface area contributed by atoms with E-state index in [1.807, 2.05) is 13.8 Å². The van der Waals surface area contributed by atoms with Crippen molar-refractivity contribution < 1.29 is 4.92 Å². The molecule has 2 aromatic heterocycles. The molecule has 0 bridgehead atoms. The Bertz CT molecular complexity index is 887. The van der Waals surface area contributed by atoms with Crippen LogP contribution in [0.25, 0.3) is 5.65 Å². The van der Waals surface area contributed by atoms with E-state index in [1.54, 1.807) is 22.8 Å². The Morgan fingerprint density at radius 2 is 2.00 bits per heavy atom. The van der Waals surface area contributed by atoms with Gasteiger partial charge in [0.05, 0.1) is 11.1 Å². The van der Waals surface area contributed by atoms with Gasteiger partial charge in [-0.05, 0) is 18.9 Å². The van der Waals surface area contributed by atoms with Gasteiger partial charge < -0.3 is 0 Å². The van der Waals surface area contributed by atoms with Crippen molar-refractivity contribution in [3.8, 4) is 0 Å². The van der Waals surface area contributed by atoms with Gasteiger partial charge in [-0.2, -0.15) is 5.10 Å². The van der Waals surface area contributed by atoms with E-state index in [1.165, 1.54) is 12.1 Å². The number of aryl methyl sites for hydroxylation is 2. The lowest BCUT2D eigenvalue weighted by molar-refractivity contribution is -0.384. The normalized spacial score (nSPS) is 11.1. The van der Waals surface area contributed by atoms with Gasteiger partial charge in [-0.3, -0.25) is 10.1 Å². The Morgan fingerprint density at radius 1 is 1.30 bits per heavy atom. The van der Waals surface area contributed by atoms with E-state index < -0.39 is 4.92 Å². The lowest BCUT2D eigenvalue weighted by atomic mass is 10.0. The van der Waals surface area contributed by atoms with Crippen LogP contribution in [0.4, 0.5) is 5.69 Å². The van der Waals surface area contributed by atoms with Gasteiger partial charge in [0.25, 0.3) is 5.69 Å². The summed E-state index contributed by atoms with van der Waals surface area (Å²) in [4.78, 5) is 14.9. The van der Waals surface area contributed by atoms with Crippen LogP contribution in [0.1, 0.15) is 29.3 Å². The SMILES string of the molecule is CCc1cnn2c(Cl)c(Cc3ccc([N+](=O)[O-])cc3)c(C)nc12. The van der Waals surface area contributed by atoms with Crippen LogP contribution >= 0.6 is 11.6 Å². The summed E-state index contributed by atoms with van der Waals surface area (Å²) in [7, 11) is 0. The molecule has 2 heterocycles. The molecule has 0 saturated carbocycles. The standard InChI is InChI=1S/C16H15ClN4O2/c1-3-12-9-18-20-15(17)14(10(2)19-16(12)20)8-11-4-6-13(7-5-11)21(22)23/h4-7,9H,3,8H2,1-2H3. The summed E-state index contributed by atoms with van der Waals surface area (Å²) in [6, 6.07) is 6.46. The lowest BCUT2D eigenvalue weighted by Crippen LogP contribution is -2.04. The molecule has 0 saturated heterocycles. The minimum Gasteiger partial charge on any atom is -0.258 e. The number of non-ortho nitro benzene ring substituents is 1. The van der Waals surface area contributed by atoms with Crippen molar-refractivity contribution >= 4 is 22.9 Å². The van der Waals surface area contributed by atoms with E-state index in [4.69, 9.17) is 11.6 Å². The number of rotatable bonds is 4. The highest BCUT2D eigenvalue weighted by atomic mass is 35.5. The minimum atomic E-state index is -0.411. The van der Waals surface area contributed by atoms with Gasteiger partial charge in [-0.1, -0.05) is 30.7 Å². The predicted molar refractivity (Wildman–Crippen MR) is 88.0 cm³/mol. The first-order valence-electron chi connectivity index (χ1n) is 7.26. The van der Waals surface area contributed by atoms with Crippen molar-refractivity contribution in [1.29, 1.82) is 0 Å². The minimum absolute atomic E-state index is 0.0739. The zero-order valence-electron chi connectivity index (χ0n) is 12.8. The van der Waals surface area contributed by atoms with E-state index in [2.05, 4.69) is 10.1 Å². The van der Waals surface area contributed by atoms with Gasteiger partial charge in [0.15, 0.2) is 5.65 Å². The van der Waals surface area contributed by atoms with Crippen LogP contribution < -0.4 is 0 Å². The van der Waals surface area contributed by atoms with Gasteiger partial charge in [-0.15, -0.1) is 0 Å². The second-order valence-electron chi connectivity index (χ2n) is 5.33. The molecule has 0 aliphatic rings. The highest BCUT2D eigenvalue weighted by molar-refractivity contribution is 6.30. The molecular weight excluding hydrogens is 316 g/mol. The first kappa shape index (κ1) is 15.4. The second-order valence-corrected chi connectivity index (χ2v) is 5.68. The Labute approximate surface area is 137 Å². The number of fused-ring (bicyclic) bond motifs is 1. The summed E-state index contributed by atoms with van der Waals surface area (Å²) < 4.78 is 1.65. The van der Waals surface area contributed by atoms with Crippen LogP contribution in [0.15, 0.2) is 30.5 Å². The Hall–Kier alpha value is -2.47. The van der Waals surface area contributed by atoms with Gasteiger partial charge >= 0.3 is 0 Å². The smallest absolute Gasteiger partial charge is 0.258 e. The van der Waals surface area contributed by atoms with Crippen LogP contribution in [0, 0.1) is 17.0 Å². The summed E-state index contributed by atoms with van der Waals surface area (Å²) >= 11 is 6.50. The molecule has 0 N–H and O–H groups in total. The molecule has 0 aliphatic heterocycles. The molecule has 118 valence electrons. The number of halogens is 1. The van der Waals surface area contributed by atoms with E-state index in [0.717, 1.165) is 34.5 Å². The van der Waals surface area contributed by atoms with Crippen LogP contribution in [0.2, 0.25) is 5.15 Å². The van der Waals surface area contributed by atoms with E-state index in [-0.39, 0.29) is 5.69 Å². The van der Waals surface area contributed by atoms with Gasteiger partial charge in [0.1, 0.15) is 5.15 Å². The highest BCUT2D eigenvalue weighted by Gasteiger charge is 2.15. The maximum absolute atomic E-state index is 10.7. The number of nitro benzene ring substituents is 1. The van der Waals surface area contributed by atoms with Crippen LogP contribution in [-0.2, 0) is 12.8 Å². The number of hydrogen-bond donors (Lipinski definition) is 0. The zero-order chi connectivity index (χ0) is 16.6. The van der Waals surface area contributed by atoms with Crippen molar-refractivity contribution in [2.24, 2.45) is 0 Å². The molecule has 0 radical (unpaired) electrons. The predicted octanol–water partition coefficient (Wildman–Crippen LogP) is 3.75. The van der Waals surface area contributed by atoms with Gasteiger partial charge in [-0.25, -0.2) is 9.50 Å². The van der Waals surface area contributed by atoms with Crippen molar-refractivity contribution in [3.63, 3.8) is 0 Å². The largest absolute Gasteiger partial charge is 0.269 e. The van der Waals surface area contributed by atoms with Crippen molar-refractivity contribution in [1.82, 2.24) is 14.6 Å². The van der Waals surface area contributed by atoms with Crippen molar-refractivity contribution in [2.75, 3.05) is 0 Å². The first-order valence-corrected chi connectivity index (χ1v) is 7.64. The van der Waals surface area contributed by atoms with Crippen LogP contribution in [0.3, 0.4) is 0 Å². The maximum Gasteiger partial charge on any atom is 0.269 e. The average Bonchev–Trinajstić information content (AvgIpc) is 2.94. The maximum atomic E-state index is 10.7. The number of nitro groups is 1. The summed E-state index contributed by atoms with van der Waals surface area (Å²) in [6.45, 7) is 3.96. The Morgan fingerprint density at radius 3 is 2.61 bits per heavy atom. The third-order valence-corrected chi connectivity index (χ3v) is 4.26. The molecule has 0 aliphatic carbocycles. The Kier molecular flexibility index (Phi) is 4.00. The molecule has 0 unspecified atom stereocenters. The van der Waals surface area contributed by atoms with Crippen LogP contribution in [0.5, 0.6) is 0 Å². The molecule has 3 aromatic rings. The van der Waals surface area contributed by atoms with E-state index in [0.29, 0.717) is 11.6 Å². The van der Waals surface area contributed by atoms with E-state index >= 15 is 0 Å². The zero-order valence-corrected chi connectivity index (χ0v) is 13.5. The average molecular weight is 331 g/mol. The highest BCUT2D eigenvalue weighted by Crippen LogP contribution is 2.25. The van der Waals surface area contributed by atoms with Crippen molar-refractivity contribution in [3.05, 3.63) is 68.1 Å². The number of nitrogens with zero attached hydrogens (tertiary/aromatic N) is 4. The topological polar surface area (TPSA) is 73.3 Å². The van der Waals surface area contributed by atoms with Crippen LogP contribution in [-0.4, -0.2) is 19.5 Å². The fourth-order valence-corrected chi connectivity index (χ4v) is 2.86. The third kappa shape index (κ3) is 2.77. The van der Waals surface area contributed by atoms with Gasteiger partial charge in [0.2, 0.25) is 0 Å². The number of hydrogen-bond acceptors (Lipinski definition) is 4. The second kappa shape index (κ2) is 5.96. The molecule has 0 amide bonds. The number of aromatic nitrogens is 3. The molecular formula is C16H15ClN4O2. The number of benzene rings is 1. The first-order chi connectivity index (χ1) is 11.0. The quantitative estimate of drug-likeness (QED) is 0.415. The Balaban J connectivity index is 2.01. The molecule has 1 aromatic carbocycles. The summed E-state index contributed by atoms with van der Waals surface area (Å²) in [6.07, 6.45) is 3.17. The lowest BCUT2D eigenvalue weighted by Gasteiger charge is -2.10. The van der Waals surface area contributed by atoms with Crippen molar-refractivity contribution in [2.45, 2.75) is 26.7 Å². The molecule has 0 atom stereocenters. The van der Waals surface area contributed by atoms with E-state index in [9.17, 15) is 10.1 Å². The molecule has 0 spiro atoms. The monoisotopic (exact) mass is 330 g/mol. The molecule has 3 rings (SSSR count). The molecule has 7 heteroatoms. The molecule has 23 heavy (non-hydrogen) atoms. The van der Waals surface area contributed by atoms with Gasteiger partial charge in [0, 0.05) is 35.4 Å². The third-order valence-electron chi connectivity index (χ3n) is 3.87. The molecule has 0 fully saturated rings. The summed E-state index contributed by atoms with van der Waals surface area (Å²) in [5.41, 5.74) is 4.56. The summed E-state index contributed by atoms with van der Waals surface area (Å²) in [5.74, 6) is 0. The fraction of sp³-hybridized carbons (Fsp3) is 0.250. The summed E-state index contributed by atoms with van der Waals surface area (Å²) in [5, 5.41) is 15.6. The molecule has 6 nitrogen and oxygen atoms in total. The fourth-order valence-electron chi connectivity index (χ4n) is 2.53.